The van der Waals surface area contributed by atoms with E-state index in [0.717, 1.165) is 42.5 Å². The fourth-order valence-electron chi connectivity index (χ4n) is 2.43. The van der Waals surface area contributed by atoms with Crippen molar-refractivity contribution in [2.75, 3.05) is 18.4 Å². The first kappa shape index (κ1) is 11.3. The van der Waals surface area contributed by atoms with E-state index in [9.17, 15) is 5.11 Å². The lowest BCUT2D eigenvalue weighted by Gasteiger charge is -2.24. The maximum atomic E-state index is 9.59. The Morgan fingerprint density at radius 3 is 2.89 bits per heavy atom. The van der Waals surface area contributed by atoms with Crippen LogP contribution in [0.15, 0.2) is 30.5 Å². The third-order valence-electron chi connectivity index (χ3n) is 3.43. The zero-order chi connectivity index (χ0) is 12.4. The topological polar surface area (TPSA) is 57.2 Å². The normalized spacial score (nSPS) is 16.9. The summed E-state index contributed by atoms with van der Waals surface area (Å²) in [4.78, 5) is 4.40. The summed E-state index contributed by atoms with van der Waals surface area (Å²) in [7, 11) is 0. The van der Waals surface area contributed by atoms with Crippen LogP contribution >= 0.6 is 0 Å². The quantitative estimate of drug-likeness (QED) is 0.756. The van der Waals surface area contributed by atoms with Crippen molar-refractivity contribution < 1.29 is 5.11 Å². The highest BCUT2D eigenvalue weighted by Crippen LogP contribution is 2.26. The summed E-state index contributed by atoms with van der Waals surface area (Å²) in [5.74, 6) is 1.15. The van der Waals surface area contributed by atoms with Crippen LogP contribution in [0.4, 0.5) is 5.82 Å². The van der Waals surface area contributed by atoms with Crippen LogP contribution in [0.3, 0.4) is 0 Å². The van der Waals surface area contributed by atoms with Crippen LogP contribution in [0.2, 0.25) is 0 Å². The van der Waals surface area contributed by atoms with Crippen LogP contribution in [-0.2, 0) is 0 Å². The molecule has 1 saturated heterocycles. The van der Waals surface area contributed by atoms with E-state index in [1.54, 1.807) is 12.1 Å². The first-order valence-electron chi connectivity index (χ1n) is 6.38. The van der Waals surface area contributed by atoms with Crippen LogP contribution in [0.25, 0.3) is 10.8 Å². The molecule has 0 spiro atoms. The first-order valence-corrected chi connectivity index (χ1v) is 6.38. The van der Waals surface area contributed by atoms with E-state index in [0.29, 0.717) is 6.04 Å². The Hall–Kier alpha value is -1.81. The predicted octanol–water partition coefficient (Wildman–Crippen LogP) is 2.10. The van der Waals surface area contributed by atoms with Crippen molar-refractivity contribution in [1.29, 1.82) is 0 Å². The van der Waals surface area contributed by atoms with Gasteiger partial charge in [0.05, 0.1) is 0 Å². The Labute approximate surface area is 106 Å². The molecule has 0 unspecified atom stereocenters. The molecular formula is C14H17N3O. The molecule has 1 aliphatic heterocycles. The molecule has 0 aliphatic carbocycles. The predicted molar refractivity (Wildman–Crippen MR) is 72.9 cm³/mol. The van der Waals surface area contributed by atoms with Gasteiger partial charge in [-0.2, -0.15) is 0 Å². The highest BCUT2D eigenvalue weighted by molar-refractivity contribution is 5.92. The smallest absolute Gasteiger partial charge is 0.134 e. The number of hydrogen-bond acceptors (Lipinski definition) is 4. The molecule has 2 heterocycles. The molecule has 0 bridgehead atoms. The van der Waals surface area contributed by atoms with Gasteiger partial charge in [-0.25, -0.2) is 4.98 Å². The molecule has 0 amide bonds. The molecule has 0 saturated carbocycles. The minimum atomic E-state index is 0.281. The third kappa shape index (κ3) is 2.24. The molecule has 4 heteroatoms. The molecule has 94 valence electrons. The number of fused-ring (bicyclic) bond motifs is 1. The number of phenolic OH excluding ortho intramolecular Hbond substituents is 1. The molecule has 1 aromatic carbocycles. The van der Waals surface area contributed by atoms with Gasteiger partial charge in [-0.05, 0) is 49.5 Å². The van der Waals surface area contributed by atoms with Crippen LogP contribution in [0.1, 0.15) is 12.8 Å². The number of anilines is 1. The Morgan fingerprint density at radius 2 is 2.06 bits per heavy atom. The summed E-state index contributed by atoms with van der Waals surface area (Å²) in [6, 6.07) is 7.82. The molecule has 2 aromatic rings. The van der Waals surface area contributed by atoms with Gasteiger partial charge in [0.15, 0.2) is 0 Å². The van der Waals surface area contributed by atoms with Crippen LogP contribution in [0.5, 0.6) is 5.75 Å². The zero-order valence-corrected chi connectivity index (χ0v) is 10.2. The van der Waals surface area contributed by atoms with E-state index in [4.69, 9.17) is 0 Å². The summed E-state index contributed by atoms with van der Waals surface area (Å²) in [5.41, 5.74) is 0. The summed E-state index contributed by atoms with van der Waals surface area (Å²) >= 11 is 0. The lowest BCUT2D eigenvalue weighted by Crippen LogP contribution is -2.35. The highest BCUT2D eigenvalue weighted by atomic mass is 16.3. The first-order chi connectivity index (χ1) is 8.83. The number of aromatic nitrogens is 1. The van der Waals surface area contributed by atoms with E-state index in [1.165, 1.54) is 0 Å². The standard InChI is InChI=1S/C14H17N3O/c18-12-2-1-10-3-8-16-14(13(10)9-12)17-11-4-6-15-7-5-11/h1-3,8-9,11,15,18H,4-7H2,(H,16,17). The summed E-state index contributed by atoms with van der Waals surface area (Å²) < 4.78 is 0. The molecule has 4 nitrogen and oxygen atoms in total. The van der Waals surface area contributed by atoms with Gasteiger partial charge < -0.3 is 15.7 Å². The third-order valence-corrected chi connectivity index (χ3v) is 3.43. The van der Waals surface area contributed by atoms with Gasteiger partial charge >= 0.3 is 0 Å². The zero-order valence-electron chi connectivity index (χ0n) is 10.2. The number of pyridine rings is 1. The lowest BCUT2D eigenvalue weighted by molar-refractivity contribution is 0.475. The number of nitrogens with one attached hydrogen (secondary N) is 2. The van der Waals surface area contributed by atoms with Crippen molar-refractivity contribution >= 4 is 16.6 Å². The van der Waals surface area contributed by atoms with Crippen molar-refractivity contribution in [3.8, 4) is 5.75 Å². The molecule has 1 fully saturated rings. The van der Waals surface area contributed by atoms with Gasteiger partial charge in [-0.15, -0.1) is 0 Å². The monoisotopic (exact) mass is 243 g/mol. The van der Waals surface area contributed by atoms with Gasteiger partial charge in [-0.3, -0.25) is 0 Å². The fraction of sp³-hybridized carbons (Fsp3) is 0.357. The maximum absolute atomic E-state index is 9.59. The molecular weight excluding hydrogens is 226 g/mol. The van der Waals surface area contributed by atoms with Gasteiger partial charge in [-0.1, -0.05) is 6.07 Å². The average Bonchev–Trinajstić information content (AvgIpc) is 2.41. The lowest BCUT2D eigenvalue weighted by atomic mass is 10.1. The number of nitrogens with zero attached hydrogens (tertiary/aromatic N) is 1. The van der Waals surface area contributed by atoms with E-state index < -0.39 is 0 Å². The van der Waals surface area contributed by atoms with Gasteiger partial charge in [0.1, 0.15) is 11.6 Å². The minimum absolute atomic E-state index is 0.281. The van der Waals surface area contributed by atoms with Crippen LogP contribution in [-0.4, -0.2) is 29.2 Å². The van der Waals surface area contributed by atoms with E-state index >= 15 is 0 Å². The summed E-state index contributed by atoms with van der Waals surface area (Å²) in [5, 5.41) is 18.5. The van der Waals surface area contributed by atoms with Gasteiger partial charge in [0.25, 0.3) is 0 Å². The van der Waals surface area contributed by atoms with Crippen LogP contribution < -0.4 is 10.6 Å². The Bertz CT molecular complexity index is 550. The Balaban J connectivity index is 1.92. The molecule has 0 radical (unpaired) electrons. The van der Waals surface area contributed by atoms with Crippen molar-refractivity contribution in [3.05, 3.63) is 30.5 Å². The number of piperidine rings is 1. The summed E-state index contributed by atoms with van der Waals surface area (Å²) in [6.07, 6.45) is 4.02. The number of benzene rings is 1. The minimum Gasteiger partial charge on any atom is -0.508 e. The van der Waals surface area contributed by atoms with Crippen molar-refractivity contribution in [3.63, 3.8) is 0 Å². The molecule has 3 rings (SSSR count). The Morgan fingerprint density at radius 1 is 1.22 bits per heavy atom. The second kappa shape index (κ2) is 4.82. The SMILES string of the molecule is Oc1ccc2ccnc(NC3CCNCC3)c2c1. The highest BCUT2D eigenvalue weighted by Gasteiger charge is 2.14. The fourth-order valence-corrected chi connectivity index (χ4v) is 2.43. The van der Waals surface area contributed by atoms with Gasteiger partial charge in [0, 0.05) is 17.6 Å². The van der Waals surface area contributed by atoms with Crippen molar-refractivity contribution in [2.45, 2.75) is 18.9 Å². The Kier molecular flexibility index (Phi) is 3.02. The second-order valence-corrected chi connectivity index (χ2v) is 4.73. The molecule has 18 heavy (non-hydrogen) atoms. The maximum Gasteiger partial charge on any atom is 0.134 e. The second-order valence-electron chi connectivity index (χ2n) is 4.73. The number of phenols is 1. The largest absolute Gasteiger partial charge is 0.508 e. The molecule has 1 aliphatic rings. The van der Waals surface area contributed by atoms with E-state index in [-0.39, 0.29) is 5.75 Å². The van der Waals surface area contributed by atoms with Crippen molar-refractivity contribution in [1.82, 2.24) is 10.3 Å². The van der Waals surface area contributed by atoms with Crippen molar-refractivity contribution in [2.24, 2.45) is 0 Å². The van der Waals surface area contributed by atoms with E-state index in [1.807, 2.05) is 18.3 Å². The van der Waals surface area contributed by atoms with Crippen LogP contribution in [0, 0.1) is 0 Å². The molecule has 0 atom stereocenters. The number of aromatic hydroxyl groups is 1. The average molecular weight is 243 g/mol. The van der Waals surface area contributed by atoms with E-state index in [2.05, 4.69) is 15.6 Å². The number of hydrogen-bond donors (Lipinski definition) is 3. The molecule has 3 N–H and O–H groups in total. The van der Waals surface area contributed by atoms with Gasteiger partial charge in [0.2, 0.25) is 0 Å². The summed E-state index contributed by atoms with van der Waals surface area (Å²) in [6.45, 7) is 2.10. The number of rotatable bonds is 2. The molecule has 1 aromatic heterocycles.